The molecule has 2 nitrogen and oxygen atoms in total. The molecule has 2 rings (SSSR count). The van der Waals surface area contributed by atoms with Gasteiger partial charge < -0.3 is 4.90 Å². The Labute approximate surface area is 125 Å². The highest BCUT2D eigenvalue weighted by Crippen LogP contribution is 2.31. The predicted molar refractivity (Wildman–Crippen MR) is 77.3 cm³/mol. The molecule has 0 amide bonds. The van der Waals surface area contributed by atoms with Crippen LogP contribution in [0.25, 0.3) is 0 Å². The van der Waals surface area contributed by atoms with Gasteiger partial charge in [0.15, 0.2) is 0 Å². The minimum absolute atomic E-state index is 0.394. The number of rotatable bonds is 4. The summed E-state index contributed by atoms with van der Waals surface area (Å²) in [7, 11) is 0. The normalized spacial score (nSPS) is 17.2. The quantitative estimate of drug-likeness (QED) is 0.735. The summed E-state index contributed by atoms with van der Waals surface area (Å²) >= 11 is 3.41. The van der Waals surface area contributed by atoms with Gasteiger partial charge in [-0.15, -0.1) is 0 Å². The minimum Gasteiger partial charge on any atom is -0.353 e. The molecule has 112 valence electrons. The van der Waals surface area contributed by atoms with Gasteiger partial charge in [-0.3, -0.25) is 0 Å². The van der Waals surface area contributed by atoms with Gasteiger partial charge in [-0.25, -0.2) is 4.98 Å². The summed E-state index contributed by atoms with van der Waals surface area (Å²) in [6.45, 7) is 0.767. The molecule has 1 aliphatic carbocycles. The van der Waals surface area contributed by atoms with Crippen molar-refractivity contribution in [1.29, 1.82) is 0 Å². The second-order valence-corrected chi connectivity index (χ2v) is 5.87. The Bertz CT molecular complexity index is 413. The van der Waals surface area contributed by atoms with Gasteiger partial charge in [0, 0.05) is 24.1 Å². The lowest BCUT2D eigenvalue weighted by molar-refractivity contribution is -0.137. The first kappa shape index (κ1) is 15.6. The standard InChI is InChI=1S/C14H18BrF3N2/c15-8-9-20(12-4-2-1-3-5-12)13-7-6-11(10-19-13)14(16,17)18/h6-7,10,12H,1-5,8-9H2. The summed E-state index contributed by atoms with van der Waals surface area (Å²) in [5.74, 6) is 0.643. The van der Waals surface area contributed by atoms with Crippen LogP contribution in [0.5, 0.6) is 0 Å². The third-order valence-electron chi connectivity index (χ3n) is 3.71. The first-order chi connectivity index (χ1) is 9.52. The summed E-state index contributed by atoms with van der Waals surface area (Å²) in [5, 5.41) is 0.784. The lowest BCUT2D eigenvalue weighted by Crippen LogP contribution is -2.38. The third-order valence-corrected chi connectivity index (χ3v) is 4.06. The number of halogens is 4. The van der Waals surface area contributed by atoms with Gasteiger partial charge in [0.25, 0.3) is 0 Å². The topological polar surface area (TPSA) is 16.1 Å². The number of hydrogen-bond acceptors (Lipinski definition) is 2. The molecule has 1 aliphatic rings. The lowest BCUT2D eigenvalue weighted by atomic mass is 9.94. The van der Waals surface area contributed by atoms with Crippen LogP contribution >= 0.6 is 15.9 Å². The number of aromatic nitrogens is 1. The van der Waals surface area contributed by atoms with Crippen molar-refractivity contribution < 1.29 is 13.2 Å². The summed E-state index contributed by atoms with van der Waals surface area (Å²) in [4.78, 5) is 6.16. The average Bonchev–Trinajstić information content (AvgIpc) is 2.45. The van der Waals surface area contributed by atoms with Crippen LogP contribution in [-0.4, -0.2) is 22.9 Å². The van der Waals surface area contributed by atoms with Crippen molar-refractivity contribution in [3.05, 3.63) is 23.9 Å². The molecule has 0 aliphatic heterocycles. The van der Waals surface area contributed by atoms with E-state index in [0.717, 1.165) is 37.0 Å². The Morgan fingerprint density at radius 2 is 1.90 bits per heavy atom. The van der Waals surface area contributed by atoms with Crippen LogP contribution in [0.15, 0.2) is 18.3 Å². The Balaban J connectivity index is 2.16. The van der Waals surface area contributed by atoms with E-state index in [9.17, 15) is 13.2 Å². The molecule has 0 bridgehead atoms. The fraction of sp³-hybridized carbons (Fsp3) is 0.643. The molecule has 1 aromatic heterocycles. The molecule has 0 radical (unpaired) electrons. The number of hydrogen-bond donors (Lipinski definition) is 0. The summed E-state index contributed by atoms with van der Waals surface area (Å²) in [6.07, 6.45) is 2.41. The molecule has 0 spiro atoms. The maximum absolute atomic E-state index is 12.6. The Morgan fingerprint density at radius 3 is 2.40 bits per heavy atom. The molecular formula is C14H18BrF3N2. The van der Waals surface area contributed by atoms with E-state index < -0.39 is 11.7 Å². The van der Waals surface area contributed by atoms with E-state index in [-0.39, 0.29) is 0 Å². The summed E-state index contributed by atoms with van der Waals surface area (Å²) < 4.78 is 37.7. The monoisotopic (exact) mass is 350 g/mol. The molecule has 1 fully saturated rings. The van der Waals surface area contributed by atoms with Gasteiger partial charge in [-0.1, -0.05) is 35.2 Å². The average molecular weight is 351 g/mol. The van der Waals surface area contributed by atoms with Crippen LogP contribution in [0.4, 0.5) is 19.0 Å². The Hall–Kier alpha value is -0.780. The molecule has 0 N–H and O–H groups in total. The molecule has 1 saturated carbocycles. The Kier molecular flexibility index (Phi) is 5.29. The van der Waals surface area contributed by atoms with Gasteiger partial charge in [-0.2, -0.15) is 13.2 Å². The van der Waals surface area contributed by atoms with E-state index in [1.165, 1.54) is 25.3 Å². The zero-order valence-electron chi connectivity index (χ0n) is 11.2. The molecule has 0 aromatic carbocycles. The smallest absolute Gasteiger partial charge is 0.353 e. The van der Waals surface area contributed by atoms with Crippen LogP contribution in [-0.2, 0) is 6.18 Å². The fourth-order valence-electron chi connectivity index (χ4n) is 2.69. The number of nitrogens with zero attached hydrogens (tertiary/aromatic N) is 2. The first-order valence-corrected chi connectivity index (χ1v) is 8.00. The van der Waals surface area contributed by atoms with Gasteiger partial charge in [-0.05, 0) is 25.0 Å². The number of anilines is 1. The third kappa shape index (κ3) is 3.87. The molecule has 1 heterocycles. The van der Waals surface area contributed by atoms with E-state index in [1.54, 1.807) is 0 Å². The molecule has 1 aromatic rings. The number of pyridine rings is 1. The molecule has 0 atom stereocenters. The maximum atomic E-state index is 12.6. The second kappa shape index (κ2) is 6.78. The van der Waals surface area contributed by atoms with Crippen LogP contribution in [0.2, 0.25) is 0 Å². The van der Waals surface area contributed by atoms with Crippen LogP contribution in [0.3, 0.4) is 0 Å². The van der Waals surface area contributed by atoms with Crippen molar-refractivity contribution in [3.63, 3.8) is 0 Å². The molecular weight excluding hydrogens is 333 g/mol. The lowest BCUT2D eigenvalue weighted by Gasteiger charge is -2.35. The largest absolute Gasteiger partial charge is 0.417 e. The van der Waals surface area contributed by atoms with Crippen molar-refractivity contribution in [2.75, 3.05) is 16.8 Å². The second-order valence-electron chi connectivity index (χ2n) is 5.08. The van der Waals surface area contributed by atoms with Gasteiger partial charge in [0.1, 0.15) is 5.82 Å². The van der Waals surface area contributed by atoms with Gasteiger partial charge >= 0.3 is 6.18 Å². The first-order valence-electron chi connectivity index (χ1n) is 6.88. The highest BCUT2D eigenvalue weighted by atomic mass is 79.9. The van der Waals surface area contributed by atoms with E-state index in [4.69, 9.17) is 0 Å². The summed E-state index contributed by atoms with van der Waals surface area (Å²) in [5.41, 5.74) is -0.691. The van der Waals surface area contributed by atoms with E-state index in [1.807, 2.05) is 0 Å². The van der Waals surface area contributed by atoms with Crippen LogP contribution in [0.1, 0.15) is 37.7 Å². The van der Waals surface area contributed by atoms with Crippen molar-refractivity contribution in [2.45, 2.75) is 44.3 Å². The van der Waals surface area contributed by atoms with Crippen molar-refractivity contribution >= 4 is 21.7 Å². The zero-order valence-corrected chi connectivity index (χ0v) is 12.8. The number of alkyl halides is 4. The molecule has 20 heavy (non-hydrogen) atoms. The maximum Gasteiger partial charge on any atom is 0.417 e. The van der Waals surface area contributed by atoms with Crippen LogP contribution < -0.4 is 4.90 Å². The van der Waals surface area contributed by atoms with Gasteiger partial charge in [0.05, 0.1) is 5.56 Å². The molecule has 0 unspecified atom stereocenters. The van der Waals surface area contributed by atoms with E-state index in [0.29, 0.717) is 11.9 Å². The Morgan fingerprint density at radius 1 is 1.20 bits per heavy atom. The zero-order chi connectivity index (χ0) is 14.6. The molecule has 6 heteroatoms. The fourth-order valence-corrected chi connectivity index (χ4v) is 3.07. The van der Waals surface area contributed by atoms with Crippen molar-refractivity contribution in [3.8, 4) is 0 Å². The van der Waals surface area contributed by atoms with E-state index in [2.05, 4.69) is 25.8 Å². The minimum atomic E-state index is -4.32. The van der Waals surface area contributed by atoms with Crippen LogP contribution in [0, 0.1) is 0 Å². The SMILES string of the molecule is FC(F)(F)c1ccc(N(CCBr)C2CCCCC2)nc1. The highest BCUT2D eigenvalue weighted by Gasteiger charge is 2.31. The van der Waals surface area contributed by atoms with Crippen molar-refractivity contribution in [1.82, 2.24) is 4.98 Å². The predicted octanol–water partition coefficient (Wildman–Crippen LogP) is 4.63. The molecule has 0 saturated heterocycles. The van der Waals surface area contributed by atoms with Gasteiger partial charge in [0.2, 0.25) is 0 Å². The summed E-state index contributed by atoms with van der Waals surface area (Å²) in [6, 6.07) is 3.00. The van der Waals surface area contributed by atoms with E-state index >= 15 is 0 Å². The highest BCUT2D eigenvalue weighted by molar-refractivity contribution is 9.09. The van der Waals surface area contributed by atoms with Crippen molar-refractivity contribution in [2.24, 2.45) is 0 Å².